The van der Waals surface area contributed by atoms with E-state index in [1.54, 1.807) is 0 Å². The third kappa shape index (κ3) is 4.73. The molecule has 1 aliphatic rings. The van der Waals surface area contributed by atoms with Gasteiger partial charge in [0.15, 0.2) is 0 Å². The monoisotopic (exact) mass is 718 g/mol. The average Bonchev–Trinajstić information content (AvgIpc) is 3.90. The molecule has 12 rings (SSSR count). The van der Waals surface area contributed by atoms with Gasteiger partial charge in [-0.15, -0.1) is 11.3 Å². The molecule has 0 aliphatic heterocycles. The molecule has 0 radical (unpaired) electrons. The molecule has 0 fully saturated rings. The number of para-hydroxylation sites is 2. The van der Waals surface area contributed by atoms with E-state index in [2.05, 4.69) is 197 Å². The quantitative estimate of drug-likeness (QED) is 0.171. The molecule has 3 aromatic heterocycles. The Hall–Kier alpha value is -6.68. The zero-order chi connectivity index (χ0) is 36.0. The molecule has 1 atom stereocenters. The number of benzene rings is 8. The summed E-state index contributed by atoms with van der Waals surface area (Å²) in [5.41, 5.74) is 12.6. The van der Waals surface area contributed by atoms with Crippen molar-refractivity contribution in [3.63, 3.8) is 0 Å². The minimum absolute atomic E-state index is 0.287. The molecule has 0 amide bonds. The molecule has 2 nitrogen and oxygen atoms in total. The Morgan fingerprint density at radius 3 is 2.00 bits per heavy atom. The lowest BCUT2D eigenvalue weighted by Gasteiger charge is -2.20. The summed E-state index contributed by atoms with van der Waals surface area (Å²) < 4.78 is 7.58. The summed E-state index contributed by atoms with van der Waals surface area (Å²) in [6.45, 7) is 0. The zero-order valence-corrected chi connectivity index (χ0v) is 30.8. The van der Waals surface area contributed by atoms with Crippen LogP contribution in [0.2, 0.25) is 0 Å². The van der Waals surface area contributed by atoms with Gasteiger partial charge in [0.25, 0.3) is 0 Å². The molecule has 1 aliphatic carbocycles. The normalized spacial score (nSPS) is 14.2. The summed E-state index contributed by atoms with van der Waals surface area (Å²) in [5, 5.41) is 9.09. The smallest absolute Gasteiger partial charge is 0.0541 e. The maximum atomic E-state index is 2.49. The number of aromatic nitrogens is 2. The lowest BCUT2D eigenvalue weighted by Crippen LogP contribution is -2.07. The van der Waals surface area contributed by atoms with Gasteiger partial charge >= 0.3 is 0 Å². The summed E-state index contributed by atoms with van der Waals surface area (Å²) in [5.74, 6) is 0.287. The van der Waals surface area contributed by atoms with Crippen molar-refractivity contribution in [1.82, 2.24) is 9.13 Å². The number of nitrogens with zero attached hydrogens (tertiary/aromatic N) is 2. The SMILES string of the molecule is C1=CC(c2ccc3sc4ccccc4c3c2)Cc2c1n(-c1ccc3ccccc3c1)c1ccc(-c3ccc4c(c3)c3ccccc3n4-c3ccccc3)cc21. The summed E-state index contributed by atoms with van der Waals surface area (Å²) >= 11 is 1.89. The predicted molar refractivity (Wildman–Crippen MR) is 235 cm³/mol. The number of rotatable bonds is 4. The van der Waals surface area contributed by atoms with E-state index >= 15 is 0 Å². The van der Waals surface area contributed by atoms with Crippen molar-refractivity contribution >= 4 is 81.1 Å². The third-order valence-corrected chi connectivity index (χ3v) is 13.0. The van der Waals surface area contributed by atoms with Gasteiger partial charge in [-0.2, -0.15) is 0 Å². The third-order valence-electron chi connectivity index (χ3n) is 11.9. The topological polar surface area (TPSA) is 9.86 Å². The molecule has 258 valence electrons. The Kier molecular flexibility index (Phi) is 6.66. The fourth-order valence-corrected chi connectivity index (χ4v) is 10.3. The lowest BCUT2D eigenvalue weighted by atomic mass is 9.86. The molecule has 0 saturated carbocycles. The van der Waals surface area contributed by atoms with Gasteiger partial charge in [-0.05, 0) is 118 Å². The molecule has 55 heavy (non-hydrogen) atoms. The molecule has 1 unspecified atom stereocenters. The van der Waals surface area contributed by atoms with Gasteiger partial charge < -0.3 is 9.13 Å². The van der Waals surface area contributed by atoms with Crippen molar-refractivity contribution in [2.24, 2.45) is 0 Å². The van der Waals surface area contributed by atoms with Gasteiger partial charge in [0.1, 0.15) is 0 Å². The second-order valence-corrected chi connectivity index (χ2v) is 16.0. The van der Waals surface area contributed by atoms with Crippen LogP contribution in [0.15, 0.2) is 182 Å². The summed E-state index contributed by atoms with van der Waals surface area (Å²) in [6, 6.07) is 65.1. The van der Waals surface area contributed by atoms with Crippen LogP contribution in [0.3, 0.4) is 0 Å². The minimum atomic E-state index is 0.287. The Morgan fingerprint density at radius 1 is 0.436 bits per heavy atom. The van der Waals surface area contributed by atoms with Crippen LogP contribution in [0.25, 0.3) is 92.2 Å². The maximum absolute atomic E-state index is 2.49. The van der Waals surface area contributed by atoms with Crippen molar-refractivity contribution in [2.75, 3.05) is 0 Å². The Morgan fingerprint density at radius 2 is 1.13 bits per heavy atom. The van der Waals surface area contributed by atoms with Gasteiger partial charge in [0.2, 0.25) is 0 Å². The average molecular weight is 719 g/mol. The fourth-order valence-electron chi connectivity index (χ4n) is 9.24. The van der Waals surface area contributed by atoms with Gasteiger partial charge in [-0.25, -0.2) is 0 Å². The first kappa shape index (κ1) is 30.7. The fraction of sp³-hybridized carbons (Fsp3) is 0.0385. The second-order valence-electron chi connectivity index (χ2n) is 14.9. The molecule has 0 N–H and O–H groups in total. The van der Waals surface area contributed by atoms with Crippen LogP contribution in [0.4, 0.5) is 0 Å². The summed E-state index contributed by atoms with van der Waals surface area (Å²) in [4.78, 5) is 0. The number of hydrogen-bond donors (Lipinski definition) is 0. The van der Waals surface area contributed by atoms with E-state index in [0.717, 1.165) is 6.42 Å². The van der Waals surface area contributed by atoms with Crippen molar-refractivity contribution in [3.05, 3.63) is 199 Å². The molecule has 0 spiro atoms. The van der Waals surface area contributed by atoms with Crippen molar-refractivity contribution in [1.29, 1.82) is 0 Å². The van der Waals surface area contributed by atoms with E-state index in [4.69, 9.17) is 0 Å². The van der Waals surface area contributed by atoms with Crippen molar-refractivity contribution in [2.45, 2.75) is 12.3 Å². The first-order valence-corrected chi connectivity index (χ1v) is 19.9. The van der Waals surface area contributed by atoms with Gasteiger partial charge in [0.05, 0.1) is 16.6 Å². The number of allylic oxidation sites excluding steroid dienone is 1. The Labute approximate surface area is 322 Å². The summed E-state index contributed by atoms with van der Waals surface area (Å²) in [7, 11) is 0. The molecule has 11 aromatic rings. The van der Waals surface area contributed by atoms with Crippen LogP contribution < -0.4 is 0 Å². The zero-order valence-electron chi connectivity index (χ0n) is 30.0. The van der Waals surface area contributed by atoms with E-state index < -0.39 is 0 Å². The summed E-state index contributed by atoms with van der Waals surface area (Å²) in [6.07, 6.45) is 5.77. The Balaban J connectivity index is 1.03. The molecular weight excluding hydrogens is 685 g/mol. The van der Waals surface area contributed by atoms with Crippen LogP contribution in [-0.2, 0) is 6.42 Å². The lowest BCUT2D eigenvalue weighted by molar-refractivity contribution is 0.827. The highest BCUT2D eigenvalue weighted by Gasteiger charge is 2.25. The molecular formula is C52H34N2S. The van der Waals surface area contributed by atoms with Crippen LogP contribution in [0, 0.1) is 0 Å². The highest BCUT2D eigenvalue weighted by atomic mass is 32.1. The standard InChI is InChI=1S/C52H34N2S/c1-2-12-39(13-3-1)53-47-16-8-6-14-41(47)43-29-35(19-24-48(43)53)36-20-25-49-44(30-36)45-31-37(38-22-27-52-46(32-38)42-15-7-9-17-51(42)55-52)21-26-50(45)54(49)40-23-18-33-10-4-5-11-34(33)28-40/h1-30,32,37H,31H2. The predicted octanol–water partition coefficient (Wildman–Crippen LogP) is 14.3. The Bertz CT molecular complexity index is 3360. The van der Waals surface area contributed by atoms with Crippen LogP contribution >= 0.6 is 11.3 Å². The molecule has 0 bridgehead atoms. The van der Waals surface area contributed by atoms with Crippen LogP contribution in [-0.4, -0.2) is 9.13 Å². The van der Waals surface area contributed by atoms with E-state index in [-0.39, 0.29) is 5.92 Å². The largest absolute Gasteiger partial charge is 0.310 e. The minimum Gasteiger partial charge on any atom is -0.310 e. The molecule has 3 heteroatoms. The van der Waals surface area contributed by atoms with Gasteiger partial charge in [-0.1, -0.05) is 109 Å². The molecule has 3 heterocycles. The van der Waals surface area contributed by atoms with E-state index in [1.165, 1.54) is 103 Å². The number of hydrogen-bond acceptors (Lipinski definition) is 1. The number of thiophene rings is 1. The van der Waals surface area contributed by atoms with E-state index in [9.17, 15) is 0 Å². The highest BCUT2D eigenvalue weighted by Crippen LogP contribution is 2.43. The first-order chi connectivity index (χ1) is 27.2. The first-order valence-electron chi connectivity index (χ1n) is 19.1. The molecule has 8 aromatic carbocycles. The van der Waals surface area contributed by atoms with E-state index in [1.807, 2.05) is 11.3 Å². The highest BCUT2D eigenvalue weighted by molar-refractivity contribution is 7.25. The van der Waals surface area contributed by atoms with Gasteiger partial charge in [-0.3, -0.25) is 0 Å². The van der Waals surface area contributed by atoms with Crippen molar-refractivity contribution < 1.29 is 0 Å². The van der Waals surface area contributed by atoms with Gasteiger partial charge in [0, 0.05) is 59.3 Å². The van der Waals surface area contributed by atoms with Crippen LogP contribution in [0.5, 0.6) is 0 Å². The van der Waals surface area contributed by atoms with Crippen molar-refractivity contribution in [3.8, 4) is 22.5 Å². The second kappa shape index (κ2) is 11.9. The molecule has 0 saturated heterocycles. The maximum Gasteiger partial charge on any atom is 0.0541 e. The van der Waals surface area contributed by atoms with Crippen LogP contribution in [0.1, 0.15) is 22.7 Å². The van der Waals surface area contributed by atoms with E-state index in [0.29, 0.717) is 0 Å². The number of fused-ring (bicyclic) bond motifs is 10.